The Morgan fingerprint density at radius 1 is 1.31 bits per heavy atom. The lowest BCUT2D eigenvalue weighted by atomic mass is 10.1. The Bertz CT molecular complexity index is 1100. The molecule has 0 saturated heterocycles. The summed E-state index contributed by atoms with van der Waals surface area (Å²) in [4.78, 5) is 21.1. The largest absolute Gasteiger partial charge is 0.417 e. The first-order valence-electron chi connectivity index (χ1n) is 7.29. The number of pyridine rings is 1. The quantitative estimate of drug-likeness (QED) is 0.627. The fourth-order valence-corrected chi connectivity index (χ4v) is 4.23. The third kappa shape index (κ3) is 3.45. The predicted octanol–water partition coefficient (Wildman–Crippen LogP) is 3.95. The van der Waals surface area contributed by atoms with E-state index in [1.807, 2.05) is 0 Å². The van der Waals surface area contributed by atoms with Crippen LogP contribution in [-0.4, -0.2) is 14.4 Å². The molecule has 10 heteroatoms. The number of thiazole rings is 1. The van der Waals surface area contributed by atoms with Crippen LogP contribution < -0.4 is 5.56 Å². The van der Waals surface area contributed by atoms with Gasteiger partial charge < -0.3 is 0 Å². The SMILES string of the molecule is Cc1cc(C(F)(F)F)c(C#N)c(SCc2cc(=O)n3c(C)csc3n2)n1. The van der Waals surface area contributed by atoms with Crippen molar-refractivity contribution >= 4 is 28.1 Å². The minimum absolute atomic E-state index is 0.0239. The van der Waals surface area contributed by atoms with E-state index in [9.17, 15) is 18.0 Å². The summed E-state index contributed by atoms with van der Waals surface area (Å²) in [5, 5.41) is 10.9. The van der Waals surface area contributed by atoms with E-state index in [0.717, 1.165) is 23.5 Å². The fourth-order valence-electron chi connectivity index (χ4n) is 2.40. The van der Waals surface area contributed by atoms with Crippen molar-refractivity contribution in [3.8, 4) is 6.07 Å². The first-order chi connectivity index (χ1) is 12.2. The summed E-state index contributed by atoms with van der Waals surface area (Å²) in [5.74, 6) is 0.130. The van der Waals surface area contributed by atoms with Gasteiger partial charge in [0, 0.05) is 28.6 Å². The highest BCUT2D eigenvalue weighted by Gasteiger charge is 2.35. The van der Waals surface area contributed by atoms with Crippen LogP contribution in [0.25, 0.3) is 4.96 Å². The highest BCUT2D eigenvalue weighted by molar-refractivity contribution is 7.98. The second-order valence-corrected chi connectivity index (χ2v) is 7.27. The molecule has 0 saturated carbocycles. The summed E-state index contributed by atoms with van der Waals surface area (Å²) in [7, 11) is 0. The van der Waals surface area contributed by atoms with E-state index in [4.69, 9.17) is 5.26 Å². The molecule has 3 rings (SSSR count). The fraction of sp³-hybridized carbons (Fsp3) is 0.250. The summed E-state index contributed by atoms with van der Waals surface area (Å²) < 4.78 is 40.9. The zero-order chi connectivity index (χ0) is 19.1. The van der Waals surface area contributed by atoms with Crippen LogP contribution in [0.5, 0.6) is 0 Å². The highest BCUT2D eigenvalue weighted by atomic mass is 32.2. The lowest BCUT2D eigenvalue weighted by Gasteiger charge is -2.12. The standard InChI is InChI=1S/C16H11F3N4OS2/c1-8-3-12(16(17,18)19)11(5-20)14(21-8)25-7-10-4-13(24)23-9(2)6-26-15(23)22-10/h3-4,6H,7H2,1-2H3. The Balaban J connectivity index is 1.97. The highest BCUT2D eigenvalue weighted by Crippen LogP contribution is 2.36. The predicted molar refractivity (Wildman–Crippen MR) is 92.3 cm³/mol. The molecule has 0 aliphatic carbocycles. The van der Waals surface area contributed by atoms with Crippen LogP contribution in [0.1, 0.15) is 28.2 Å². The molecular formula is C16H11F3N4OS2. The summed E-state index contributed by atoms with van der Waals surface area (Å²) >= 11 is 2.26. The van der Waals surface area contributed by atoms with Crippen LogP contribution in [0.15, 0.2) is 27.3 Å². The number of halogens is 3. The van der Waals surface area contributed by atoms with E-state index in [1.165, 1.54) is 28.7 Å². The number of thioether (sulfide) groups is 1. The molecule has 3 aromatic rings. The van der Waals surface area contributed by atoms with Crippen LogP contribution in [0.3, 0.4) is 0 Å². The molecule has 0 aliphatic rings. The molecule has 0 spiro atoms. The number of nitriles is 1. The van der Waals surface area contributed by atoms with Crippen molar-refractivity contribution in [3.05, 3.63) is 56.1 Å². The van der Waals surface area contributed by atoms with E-state index in [-0.39, 0.29) is 22.0 Å². The first-order valence-corrected chi connectivity index (χ1v) is 9.15. The molecule has 26 heavy (non-hydrogen) atoms. The van der Waals surface area contributed by atoms with Crippen LogP contribution in [0.2, 0.25) is 0 Å². The summed E-state index contributed by atoms with van der Waals surface area (Å²) in [6.45, 7) is 3.22. The van der Waals surface area contributed by atoms with Crippen molar-refractivity contribution in [2.75, 3.05) is 0 Å². The van der Waals surface area contributed by atoms with E-state index < -0.39 is 17.3 Å². The molecule has 3 aromatic heterocycles. The van der Waals surface area contributed by atoms with Gasteiger partial charge in [0.25, 0.3) is 5.56 Å². The van der Waals surface area contributed by atoms with Crippen LogP contribution in [0.4, 0.5) is 13.2 Å². The molecule has 0 amide bonds. The summed E-state index contributed by atoms with van der Waals surface area (Å²) in [6.07, 6.45) is -4.64. The van der Waals surface area contributed by atoms with E-state index in [2.05, 4.69) is 9.97 Å². The number of hydrogen-bond acceptors (Lipinski definition) is 6. The van der Waals surface area contributed by atoms with E-state index >= 15 is 0 Å². The van der Waals surface area contributed by atoms with Crippen molar-refractivity contribution < 1.29 is 13.2 Å². The second-order valence-electron chi connectivity index (χ2n) is 5.47. The van der Waals surface area contributed by atoms with Crippen LogP contribution in [-0.2, 0) is 11.9 Å². The average molecular weight is 396 g/mol. The van der Waals surface area contributed by atoms with Gasteiger partial charge in [-0.3, -0.25) is 9.20 Å². The van der Waals surface area contributed by atoms with Gasteiger partial charge in [0.05, 0.1) is 16.8 Å². The van der Waals surface area contributed by atoms with Crippen LogP contribution in [0, 0.1) is 25.2 Å². The van der Waals surface area contributed by atoms with Gasteiger partial charge in [-0.1, -0.05) is 11.8 Å². The van der Waals surface area contributed by atoms with Gasteiger partial charge in [0.2, 0.25) is 0 Å². The minimum atomic E-state index is -4.64. The Labute approximate surface area is 154 Å². The van der Waals surface area contributed by atoms with Crippen LogP contribution >= 0.6 is 23.1 Å². The molecule has 0 aliphatic heterocycles. The Morgan fingerprint density at radius 3 is 2.69 bits per heavy atom. The normalized spacial score (nSPS) is 11.7. The Kier molecular flexibility index (Phi) is 4.77. The molecule has 3 heterocycles. The average Bonchev–Trinajstić information content (AvgIpc) is 2.93. The maximum Gasteiger partial charge on any atom is 0.417 e. The lowest BCUT2D eigenvalue weighted by molar-refractivity contribution is -0.138. The second kappa shape index (κ2) is 6.74. The number of aromatic nitrogens is 3. The van der Waals surface area contributed by atoms with Crippen molar-refractivity contribution in [2.45, 2.75) is 30.8 Å². The maximum absolute atomic E-state index is 13.1. The molecule has 0 radical (unpaired) electrons. The number of aryl methyl sites for hydroxylation is 2. The van der Waals surface area contributed by atoms with Crippen molar-refractivity contribution in [3.63, 3.8) is 0 Å². The molecule has 0 fully saturated rings. The number of nitrogens with zero attached hydrogens (tertiary/aromatic N) is 4. The molecule has 0 atom stereocenters. The third-order valence-corrected chi connectivity index (χ3v) is 5.47. The molecule has 134 valence electrons. The molecule has 5 nitrogen and oxygen atoms in total. The van der Waals surface area contributed by atoms with Crippen molar-refractivity contribution in [2.24, 2.45) is 0 Å². The van der Waals surface area contributed by atoms with E-state index in [1.54, 1.807) is 18.4 Å². The van der Waals surface area contributed by atoms with Gasteiger partial charge in [-0.15, -0.1) is 11.3 Å². The minimum Gasteiger partial charge on any atom is -0.269 e. The van der Waals surface area contributed by atoms with Gasteiger partial charge in [0.1, 0.15) is 11.1 Å². The van der Waals surface area contributed by atoms with Gasteiger partial charge >= 0.3 is 6.18 Å². The molecule has 0 N–H and O–H groups in total. The molecule has 0 bridgehead atoms. The summed E-state index contributed by atoms with van der Waals surface area (Å²) in [5.41, 5.74) is -0.425. The monoisotopic (exact) mass is 396 g/mol. The van der Waals surface area contributed by atoms with Gasteiger partial charge in [0.15, 0.2) is 4.96 Å². The Morgan fingerprint density at radius 2 is 2.04 bits per heavy atom. The third-order valence-electron chi connectivity index (χ3n) is 3.52. The van der Waals surface area contributed by atoms with Gasteiger partial charge in [-0.2, -0.15) is 18.4 Å². The zero-order valence-electron chi connectivity index (χ0n) is 13.6. The van der Waals surface area contributed by atoms with Gasteiger partial charge in [-0.05, 0) is 19.9 Å². The van der Waals surface area contributed by atoms with Crippen molar-refractivity contribution in [1.82, 2.24) is 14.4 Å². The lowest BCUT2D eigenvalue weighted by Crippen LogP contribution is -2.14. The zero-order valence-corrected chi connectivity index (χ0v) is 15.2. The number of rotatable bonds is 3. The van der Waals surface area contributed by atoms with E-state index in [0.29, 0.717) is 10.7 Å². The van der Waals surface area contributed by atoms with Gasteiger partial charge in [-0.25, -0.2) is 9.97 Å². The summed E-state index contributed by atoms with van der Waals surface area (Å²) in [6, 6.07) is 3.79. The maximum atomic E-state index is 13.1. The molecule has 0 aromatic carbocycles. The Hall–Kier alpha value is -2.38. The topological polar surface area (TPSA) is 71.0 Å². The molecular weight excluding hydrogens is 385 g/mol. The number of fused-ring (bicyclic) bond motifs is 1. The van der Waals surface area contributed by atoms with Crippen molar-refractivity contribution in [1.29, 1.82) is 5.26 Å². The smallest absolute Gasteiger partial charge is 0.269 e. The molecule has 0 unspecified atom stereocenters. The first kappa shape index (κ1) is 18.4. The number of alkyl halides is 3. The number of hydrogen-bond donors (Lipinski definition) is 0.